The molecule has 2 aromatic heterocycles. The summed E-state index contributed by atoms with van der Waals surface area (Å²) in [4.78, 5) is 50.3. The van der Waals surface area contributed by atoms with Gasteiger partial charge in [0.1, 0.15) is 6.04 Å². The highest BCUT2D eigenvalue weighted by molar-refractivity contribution is 5.96. The van der Waals surface area contributed by atoms with Crippen molar-refractivity contribution in [3.05, 3.63) is 48.4 Å². The Hall–Kier alpha value is -3.99. The first-order valence-electron chi connectivity index (χ1n) is 10.5. The standard InChI is InChI=1S/C22H24N6O5/c29-18(4-5-19(30)31)26-14-2-3-15-16(13-25-17(15)12-14)20(21(32)33)27-8-10-28(11-9-27)22-23-6-1-7-24-22/h1-3,6-7,12-13,20,25H,4-5,8-11H2,(H,26,29)(H,30,31)(H,32,33)/t20-/m0/s1. The molecule has 0 aliphatic carbocycles. The minimum atomic E-state index is -1.04. The molecule has 0 radical (unpaired) electrons. The summed E-state index contributed by atoms with van der Waals surface area (Å²) in [5.74, 6) is -1.74. The van der Waals surface area contributed by atoms with Crippen LogP contribution in [0, 0.1) is 0 Å². The van der Waals surface area contributed by atoms with Gasteiger partial charge in [-0.1, -0.05) is 6.07 Å². The molecule has 1 fully saturated rings. The van der Waals surface area contributed by atoms with Crippen molar-refractivity contribution in [2.24, 2.45) is 0 Å². The average molecular weight is 452 g/mol. The molecule has 1 atom stereocenters. The summed E-state index contributed by atoms with van der Waals surface area (Å²) in [7, 11) is 0. The first-order valence-corrected chi connectivity index (χ1v) is 10.5. The van der Waals surface area contributed by atoms with Crippen LogP contribution in [0.5, 0.6) is 0 Å². The summed E-state index contributed by atoms with van der Waals surface area (Å²) >= 11 is 0. The van der Waals surface area contributed by atoms with E-state index in [1.54, 1.807) is 42.9 Å². The number of nitrogens with zero attached hydrogens (tertiary/aromatic N) is 4. The van der Waals surface area contributed by atoms with E-state index in [2.05, 4.69) is 20.3 Å². The number of amides is 1. The molecule has 11 heteroatoms. The van der Waals surface area contributed by atoms with E-state index in [1.807, 2.05) is 9.80 Å². The van der Waals surface area contributed by atoms with E-state index in [1.165, 1.54) is 0 Å². The molecule has 0 spiro atoms. The van der Waals surface area contributed by atoms with Gasteiger partial charge in [-0.2, -0.15) is 0 Å². The molecule has 4 rings (SSSR count). The first-order chi connectivity index (χ1) is 15.9. The monoisotopic (exact) mass is 452 g/mol. The number of hydrogen-bond acceptors (Lipinski definition) is 7. The molecule has 1 amide bonds. The van der Waals surface area contributed by atoms with E-state index in [9.17, 15) is 19.5 Å². The van der Waals surface area contributed by atoms with Gasteiger partial charge in [-0.3, -0.25) is 19.3 Å². The van der Waals surface area contributed by atoms with Crippen LogP contribution in [0.4, 0.5) is 11.6 Å². The zero-order valence-corrected chi connectivity index (χ0v) is 17.8. The number of carboxylic acid groups (broad SMARTS) is 2. The minimum absolute atomic E-state index is 0.121. The highest BCUT2D eigenvalue weighted by Crippen LogP contribution is 2.31. The zero-order chi connectivity index (χ0) is 23.4. The van der Waals surface area contributed by atoms with Crippen molar-refractivity contribution in [2.75, 3.05) is 36.4 Å². The molecule has 1 aliphatic heterocycles. The van der Waals surface area contributed by atoms with Crippen molar-refractivity contribution in [1.82, 2.24) is 19.9 Å². The SMILES string of the molecule is O=C(O)CCC(=O)Nc1ccc2c([C@@H](C(=O)O)N3CCN(c4ncccn4)CC3)c[nH]c2c1. The van der Waals surface area contributed by atoms with Crippen LogP contribution in [-0.2, 0) is 14.4 Å². The van der Waals surface area contributed by atoms with Crippen molar-refractivity contribution in [3.63, 3.8) is 0 Å². The van der Waals surface area contributed by atoms with Crippen molar-refractivity contribution in [1.29, 1.82) is 0 Å². The van der Waals surface area contributed by atoms with Crippen molar-refractivity contribution >= 4 is 40.4 Å². The van der Waals surface area contributed by atoms with Crippen LogP contribution >= 0.6 is 0 Å². The number of rotatable bonds is 8. The number of hydrogen-bond donors (Lipinski definition) is 4. The maximum absolute atomic E-state index is 12.2. The lowest BCUT2D eigenvalue weighted by Gasteiger charge is -2.37. The molecule has 4 N–H and O–H groups in total. The molecular weight excluding hydrogens is 428 g/mol. The largest absolute Gasteiger partial charge is 0.481 e. The number of H-pyrrole nitrogens is 1. The number of aliphatic carboxylic acids is 2. The topological polar surface area (TPSA) is 152 Å². The molecule has 0 saturated carbocycles. The summed E-state index contributed by atoms with van der Waals surface area (Å²) in [6, 6.07) is 6.08. The molecule has 3 aromatic rings. The lowest BCUT2D eigenvalue weighted by molar-refractivity contribution is -0.143. The maximum Gasteiger partial charge on any atom is 0.325 e. The Labute approximate surface area is 189 Å². The number of aromatic nitrogens is 3. The Morgan fingerprint density at radius 1 is 1.06 bits per heavy atom. The molecule has 0 bridgehead atoms. The van der Waals surface area contributed by atoms with Gasteiger partial charge in [-0.15, -0.1) is 0 Å². The van der Waals surface area contributed by atoms with Crippen molar-refractivity contribution in [3.8, 4) is 0 Å². The normalized spacial score (nSPS) is 15.3. The highest BCUT2D eigenvalue weighted by atomic mass is 16.4. The fourth-order valence-electron chi connectivity index (χ4n) is 4.02. The molecule has 1 aromatic carbocycles. The molecule has 0 unspecified atom stereocenters. The Bertz CT molecular complexity index is 1160. The summed E-state index contributed by atoms with van der Waals surface area (Å²) in [6.45, 7) is 2.31. The second-order valence-corrected chi connectivity index (χ2v) is 7.76. The first kappa shape index (κ1) is 22.2. The smallest absolute Gasteiger partial charge is 0.325 e. The second kappa shape index (κ2) is 9.65. The number of carbonyl (C=O) groups is 3. The molecular formula is C22H24N6O5. The van der Waals surface area contributed by atoms with Gasteiger partial charge in [0, 0.05) is 73.3 Å². The second-order valence-electron chi connectivity index (χ2n) is 7.76. The van der Waals surface area contributed by atoms with E-state index in [4.69, 9.17) is 5.11 Å². The summed E-state index contributed by atoms with van der Waals surface area (Å²) in [5.41, 5.74) is 1.84. The van der Waals surface area contributed by atoms with E-state index < -0.39 is 23.9 Å². The lowest BCUT2D eigenvalue weighted by atomic mass is 10.0. The van der Waals surface area contributed by atoms with E-state index in [0.29, 0.717) is 48.9 Å². The third-order valence-electron chi connectivity index (χ3n) is 5.61. The number of aromatic amines is 1. The van der Waals surface area contributed by atoms with Crippen LogP contribution in [0.1, 0.15) is 24.4 Å². The number of anilines is 2. The van der Waals surface area contributed by atoms with Crippen LogP contribution in [0.3, 0.4) is 0 Å². The third-order valence-corrected chi connectivity index (χ3v) is 5.61. The number of piperazine rings is 1. The lowest BCUT2D eigenvalue weighted by Crippen LogP contribution is -2.49. The zero-order valence-electron chi connectivity index (χ0n) is 17.8. The summed E-state index contributed by atoms with van der Waals surface area (Å²) < 4.78 is 0. The van der Waals surface area contributed by atoms with Crippen molar-refractivity contribution in [2.45, 2.75) is 18.9 Å². The van der Waals surface area contributed by atoms with Crippen LogP contribution in [0.15, 0.2) is 42.9 Å². The van der Waals surface area contributed by atoms with Gasteiger partial charge in [-0.05, 0) is 18.2 Å². The number of nitrogens with one attached hydrogen (secondary N) is 2. The van der Waals surface area contributed by atoms with E-state index >= 15 is 0 Å². The van der Waals surface area contributed by atoms with Gasteiger partial charge < -0.3 is 25.4 Å². The van der Waals surface area contributed by atoms with Gasteiger partial charge in [0.2, 0.25) is 11.9 Å². The Morgan fingerprint density at radius 2 is 1.79 bits per heavy atom. The van der Waals surface area contributed by atoms with Crippen molar-refractivity contribution < 1.29 is 24.6 Å². The number of benzene rings is 1. The molecule has 172 valence electrons. The van der Waals surface area contributed by atoms with Gasteiger partial charge >= 0.3 is 11.9 Å². The Kier molecular flexibility index (Phi) is 6.50. The fraction of sp³-hybridized carbons (Fsp3) is 0.318. The molecule has 1 saturated heterocycles. The van der Waals surface area contributed by atoms with Gasteiger partial charge in [0.05, 0.1) is 6.42 Å². The van der Waals surface area contributed by atoms with Gasteiger partial charge in [0.15, 0.2) is 0 Å². The molecule has 1 aliphatic rings. The minimum Gasteiger partial charge on any atom is -0.481 e. The fourth-order valence-corrected chi connectivity index (χ4v) is 4.02. The number of carboxylic acids is 2. The average Bonchev–Trinajstić information content (AvgIpc) is 3.21. The highest BCUT2D eigenvalue weighted by Gasteiger charge is 2.32. The molecule has 33 heavy (non-hydrogen) atoms. The molecule has 3 heterocycles. The van der Waals surface area contributed by atoms with Gasteiger partial charge in [0.25, 0.3) is 0 Å². The summed E-state index contributed by atoms with van der Waals surface area (Å²) in [5, 5.41) is 22.1. The summed E-state index contributed by atoms with van der Waals surface area (Å²) in [6.07, 6.45) is 4.69. The van der Waals surface area contributed by atoms with Crippen LogP contribution in [-0.4, -0.2) is 74.1 Å². The predicted octanol–water partition coefficient (Wildman–Crippen LogP) is 1.71. The number of fused-ring (bicyclic) bond motifs is 1. The quantitative estimate of drug-likeness (QED) is 0.400. The maximum atomic E-state index is 12.2. The Morgan fingerprint density at radius 3 is 2.45 bits per heavy atom. The van der Waals surface area contributed by atoms with Crippen LogP contribution in [0.25, 0.3) is 10.9 Å². The van der Waals surface area contributed by atoms with Crippen LogP contribution < -0.4 is 10.2 Å². The van der Waals surface area contributed by atoms with Gasteiger partial charge in [-0.25, -0.2) is 9.97 Å². The van der Waals surface area contributed by atoms with E-state index in [-0.39, 0.29) is 12.8 Å². The Balaban J connectivity index is 1.48. The number of carbonyl (C=O) groups excluding carboxylic acids is 1. The molecule has 11 nitrogen and oxygen atoms in total. The van der Waals surface area contributed by atoms with Crippen LogP contribution in [0.2, 0.25) is 0 Å². The van der Waals surface area contributed by atoms with E-state index in [0.717, 1.165) is 5.39 Å². The third kappa shape index (κ3) is 5.09. The predicted molar refractivity (Wildman–Crippen MR) is 120 cm³/mol.